The van der Waals surface area contributed by atoms with Crippen LogP contribution in [0.25, 0.3) is 0 Å². The van der Waals surface area contributed by atoms with Crippen molar-refractivity contribution < 1.29 is 14.1 Å². The van der Waals surface area contributed by atoms with Crippen molar-refractivity contribution in [3.8, 4) is 0 Å². The fourth-order valence-electron chi connectivity index (χ4n) is 3.85. The Morgan fingerprint density at radius 1 is 1.23 bits per heavy atom. The van der Waals surface area contributed by atoms with Gasteiger partial charge in [0.1, 0.15) is 11.5 Å². The van der Waals surface area contributed by atoms with Gasteiger partial charge in [-0.15, -0.1) is 0 Å². The van der Waals surface area contributed by atoms with Crippen molar-refractivity contribution in [3.05, 3.63) is 82.2 Å². The van der Waals surface area contributed by atoms with Gasteiger partial charge in [0, 0.05) is 50.2 Å². The van der Waals surface area contributed by atoms with Crippen LogP contribution in [0.2, 0.25) is 0 Å². The van der Waals surface area contributed by atoms with Gasteiger partial charge in [0.2, 0.25) is 5.78 Å². The van der Waals surface area contributed by atoms with E-state index < -0.39 is 4.92 Å². The number of hydrogen-bond donors (Lipinski definition) is 1. The molecule has 2 heterocycles. The highest BCUT2D eigenvalue weighted by Crippen LogP contribution is 2.32. The average molecular weight is 423 g/mol. The third kappa shape index (κ3) is 4.25. The van der Waals surface area contributed by atoms with Crippen LogP contribution in [0.15, 0.2) is 54.9 Å². The molecule has 0 spiro atoms. The molecule has 31 heavy (non-hydrogen) atoms. The van der Waals surface area contributed by atoms with E-state index in [9.17, 15) is 19.3 Å². The number of benzene rings is 2. The predicted molar refractivity (Wildman–Crippen MR) is 115 cm³/mol. The van der Waals surface area contributed by atoms with Crippen LogP contribution in [-0.2, 0) is 7.05 Å². The summed E-state index contributed by atoms with van der Waals surface area (Å²) in [5.41, 5.74) is 1.05. The number of nitrogens with one attached hydrogen (secondary N) is 1. The lowest BCUT2D eigenvalue weighted by Gasteiger charge is -2.34. The highest BCUT2D eigenvalue weighted by Gasteiger charge is 2.27. The molecular weight excluding hydrogens is 401 g/mol. The van der Waals surface area contributed by atoms with Gasteiger partial charge in [-0.2, -0.15) is 0 Å². The molecule has 1 N–H and O–H groups in total. The molecule has 1 aliphatic rings. The third-order valence-corrected chi connectivity index (χ3v) is 5.53. The van der Waals surface area contributed by atoms with Gasteiger partial charge in [0.25, 0.3) is 5.69 Å². The highest BCUT2D eigenvalue weighted by atomic mass is 19.1. The van der Waals surface area contributed by atoms with Crippen LogP contribution in [0, 0.1) is 15.9 Å². The second kappa shape index (κ2) is 8.55. The third-order valence-electron chi connectivity index (χ3n) is 5.53. The largest absolute Gasteiger partial charge is 0.380 e. The average Bonchev–Trinajstić information content (AvgIpc) is 3.21. The molecule has 3 aromatic rings. The zero-order valence-electron chi connectivity index (χ0n) is 17.0. The standard InChI is InChI=1S/C22H22FN5O3/c1-26-13-10-24-22(26)21(29)15-6-7-19(20(14-15)28(30)31)27-11-8-16(9-12-27)25-18-5-3-2-4-17(18)23/h2-7,10,13-14,16,25H,8-9,11-12H2,1H3. The van der Waals surface area contributed by atoms with Gasteiger partial charge in [-0.05, 0) is 37.1 Å². The highest BCUT2D eigenvalue weighted by molar-refractivity contribution is 6.07. The molecule has 0 saturated carbocycles. The molecule has 0 unspecified atom stereocenters. The molecule has 0 amide bonds. The van der Waals surface area contributed by atoms with Crippen LogP contribution in [0.3, 0.4) is 0 Å². The molecular formula is C22H22FN5O3. The van der Waals surface area contributed by atoms with Gasteiger partial charge < -0.3 is 14.8 Å². The minimum absolute atomic E-state index is 0.0801. The number of ketones is 1. The van der Waals surface area contributed by atoms with Crippen molar-refractivity contribution in [2.75, 3.05) is 23.3 Å². The number of nitro benzene ring substituents is 1. The van der Waals surface area contributed by atoms with Crippen LogP contribution in [0.4, 0.5) is 21.5 Å². The Bertz CT molecular complexity index is 1120. The molecule has 160 valence electrons. The number of imidazole rings is 1. The number of aryl methyl sites for hydroxylation is 1. The molecule has 0 radical (unpaired) electrons. The van der Waals surface area contributed by atoms with Crippen molar-refractivity contribution in [3.63, 3.8) is 0 Å². The number of para-hydroxylation sites is 1. The maximum Gasteiger partial charge on any atom is 0.293 e. The van der Waals surface area contributed by atoms with Gasteiger partial charge in [0.15, 0.2) is 5.82 Å². The fraction of sp³-hybridized carbons (Fsp3) is 0.273. The first kappa shape index (κ1) is 20.5. The second-order valence-electron chi connectivity index (χ2n) is 7.54. The number of carbonyl (C=O) groups excluding carboxylic acids is 1. The van der Waals surface area contributed by atoms with Crippen molar-refractivity contribution in [1.29, 1.82) is 0 Å². The number of nitrogens with zero attached hydrogens (tertiary/aromatic N) is 4. The van der Waals surface area contributed by atoms with Gasteiger partial charge in [-0.1, -0.05) is 12.1 Å². The molecule has 9 heteroatoms. The number of piperidine rings is 1. The molecule has 1 fully saturated rings. The maximum absolute atomic E-state index is 13.9. The molecule has 2 aromatic carbocycles. The first-order chi connectivity index (χ1) is 14.9. The summed E-state index contributed by atoms with van der Waals surface area (Å²) in [6.45, 7) is 1.17. The molecule has 1 saturated heterocycles. The monoisotopic (exact) mass is 423 g/mol. The zero-order chi connectivity index (χ0) is 22.0. The van der Waals surface area contributed by atoms with E-state index in [1.54, 1.807) is 48.1 Å². The summed E-state index contributed by atoms with van der Waals surface area (Å²) < 4.78 is 15.5. The Morgan fingerprint density at radius 3 is 2.61 bits per heavy atom. The second-order valence-corrected chi connectivity index (χ2v) is 7.54. The Balaban J connectivity index is 1.50. The lowest BCUT2D eigenvalue weighted by Crippen LogP contribution is -2.39. The summed E-state index contributed by atoms with van der Waals surface area (Å²) in [7, 11) is 1.70. The topological polar surface area (TPSA) is 93.3 Å². The van der Waals surface area contributed by atoms with Crippen molar-refractivity contribution in [2.45, 2.75) is 18.9 Å². The first-order valence-corrected chi connectivity index (χ1v) is 10.0. The summed E-state index contributed by atoms with van der Waals surface area (Å²) in [6.07, 6.45) is 4.57. The molecule has 4 rings (SSSR count). The van der Waals surface area contributed by atoms with Gasteiger partial charge in [0.05, 0.1) is 10.6 Å². The summed E-state index contributed by atoms with van der Waals surface area (Å²) >= 11 is 0. The number of aromatic nitrogens is 2. The summed E-state index contributed by atoms with van der Waals surface area (Å²) in [5.74, 6) is -0.439. The van der Waals surface area contributed by atoms with E-state index in [1.165, 1.54) is 18.3 Å². The fourth-order valence-corrected chi connectivity index (χ4v) is 3.85. The number of halogens is 1. The van der Waals surface area contributed by atoms with Gasteiger partial charge in [-0.25, -0.2) is 9.37 Å². The zero-order valence-corrected chi connectivity index (χ0v) is 17.0. The Labute approximate surface area is 178 Å². The Kier molecular flexibility index (Phi) is 5.66. The quantitative estimate of drug-likeness (QED) is 0.368. The Hall–Kier alpha value is -3.75. The first-order valence-electron chi connectivity index (χ1n) is 10.0. The molecule has 1 aromatic heterocycles. The van der Waals surface area contributed by atoms with E-state index in [0.29, 0.717) is 37.3 Å². The van der Waals surface area contributed by atoms with Crippen LogP contribution in [0.5, 0.6) is 0 Å². The predicted octanol–water partition coefficient (Wildman–Crippen LogP) is 3.78. The van der Waals surface area contributed by atoms with Gasteiger partial charge >= 0.3 is 0 Å². The lowest BCUT2D eigenvalue weighted by molar-refractivity contribution is -0.384. The van der Waals surface area contributed by atoms with Crippen LogP contribution in [0.1, 0.15) is 29.0 Å². The van der Waals surface area contributed by atoms with E-state index in [1.807, 2.05) is 4.90 Å². The number of carbonyl (C=O) groups is 1. The van der Waals surface area contributed by atoms with Crippen LogP contribution in [-0.4, -0.2) is 39.4 Å². The van der Waals surface area contributed by atoms with E-state index in [2.05, 4.69) is 10.3 Å². The van der Waals surface area contributed by atoms with E-state index >= 15 is 0 Å². The normalized spacial score (nSPS) is 14.5. The molecule has 0 atom stereocenters. The van der Waals surface area contributed by atoms with Crippen molar-refractivity contribution in [1.82, 2.24) is 9.55 Å². The SMILES string of the molecule is Cn1ccnc1C(=O)c1ccc(N2CCC(Nc3ccccc3F)CC2)c([N+](=O)[O-])c1. The summed E-state index contributed by atoms with van der Waals surface area (Å²) in [6, 6.07) is 11.1. The summed E-state index contributed by atoms with van der Waals surface area (Å²) in [4.78, 5) is 29.9. The van der Waals surface area contributed by atoms with Crippen LogP contribution >= 0.6 is 0 Å². The smallest absolute Gasteiger partial charge is 0.293 e. The van der Waals surface area contributed by atoms with E-state index in [-0.39, 0.29) is 34.7 Å². The van der Waals surface area contributed by atoms with Crippen LogP contribution < -0.4 is 10.2 Å². The van der Waals surface area contributed by atoms with Crippen molar-refractivity contribution >= 4 is 22.8 Å². The molecule has 0 aliphatic carbocycles. The lowest BCUT2D eigenvalue weighted by atomic mass is 10.0. The minimum Gasteiger partial charge on any atom is -0.380 e. The number of rotatable bonds is 6. The van der Waals surface area contributed by atoms with E-state index in [4.69, 9.17) is 0 Å². The number of anilines is 2. The Morgan fingerprint density at radius 2 is 1.97 bits per heavy atom. The van der Waals surface area contributed by atoms with E-state index in [0.717, 1.165) is 0 Å². The number of nitro groups is 1. The molecule has 0 bridgehead atoms. The number of hydrogen-bond acceptors (Lipinski definition) is 6. The maximum atomic E-state index is 13.9. The molecule has 8 nitrogen and oxygen atoms in total. The minimum atomic E-state index is -0.464. The molecule has 1 aliphatic heterocycles. The van der Waals surface area contributed by atoms with Gasteiger partial charge in [-0.3, -0.25) is 14.9 Å². The van der Waals surface area contributed by atoms with Crippen molar-refractivity contribution in [2.24, 2.45) is 7.05 Å². The summed E-state index contributed by atoms with van der Waals surface area (Å²) in [5, 5.41) is 14.9.